The summed E-state index contributed by atoms with van der Waals surface area (Å²) in [6.07, 6.45) is 0.923. The van der Waals surface area contributed by atoms with Crippen molar-refractivity contribution in [3.63, 3.8) is 0 Å². The van der Waals surface area contributed by atoms with Crippen molar-refractivity contribution in [2.75, 3.05) is 6.54 Å². The van der Waals surface area contributed by atoms with Gasteiger partial charge in [-0.2, -0.15) is 0 Å². The molecule has 0 radical (unpaired) electrons. The van der Waals surface area contributed by atoms with Gasteiger partial charge in [-0.15, -0.1) is 0 Å². The molecule has 1 aromatic rings. The predicted octanol–water partition coefficient (Wildman–Crippen LogP) is 3.97. The van der Waals surface area contributed by atoms with Crippen LogP contribution in [0.4, 0.5) is 4.39 Å². The fourth-order valence-corrected chi connectivity index (χ4v) is 2.15. The first-order valence-corrected chi connectivity index (χ1v) is 6.10. The maximum absolute atomic E-state index is 13.6. The highest BCUT2D eigenvalue weighted by Crippen LogP contribution is 2.25. The third-order valence-corrected chi connectivity index (χ3v) is 2.99. The lowest BCUT2D eigenvalue weighted by atomic mass is 9.94. The largest absolute Gasteiger partial charge is 0.315 e. The van der Waals surface area contributed by atoms with Crippen molar-refractivity contribution in [3.05, 3.63) is 34.6 Å². The Balaban J connectivity index is 2.69. The molecular formula is C13H19ClFN. The molecule has 90 valence electrons. The van der Waals surface area contributed by atoms with Crippen molar-refractivity contribution in [1.29, 1.82) is 0 Å². The van der Waals surface area contributed by atoms with Crippen LogP contribution >= 0.6 is 11.6 Å². The molecule has 2 unspecified atom stereocenters. The molecule has 0 aliphatic rings. The van der Waals surface area contributed by atoms with Crippen LogP contribution in [0.15, 0.2) is 18.2 Å². The normalized spacial score (nSPS) is 14.8. The topological polar surface area (TPSA) is 12.0 Å². The lowest BCUT2D eigenvalue weighted by molar-refractivity contribution is 0.478. The fraction of sp³-hybridized carbons (Fsp3) is 0.538. The van der Waals surface area contributed by atoms with E-state index in [1.165, 1.54) is 6.07 Å². The lowest BCUT2D eigenvalue weighted by Gasteiger charge is -2.18. The molecule has 0 amide bonds. The van der Waals surface area contributed by atoms with Gasteiger partial charge in [-0.3, -0.25) is 0 Å². The summed E-state index contributed by atoms with van der Waals surface area (Å²) in [4.78, 5) is 0. The van der Waals surface area contributed by atoms with Crippen LogP contribution < -0.4 is 5.32 Å². The van der Waals surface area contributed by atoms with E-state index in [1.807, 2.05) is 6.92 Å². The van der Waals surface area contributed by atoms with Crippen molar-refractivity contribution in [2.24, 2.45) is 0 Å². The van der Waals surface area contributed by atoms with Gasteiger partial charge in [0, 0.05) is 11.1 Å². The second-order valence-electron chi connectivity index (χ2n) is 4.26. The van der Waals surface area contributed by atoms with Crippen LogP contribution in [-0.2, 0) is 0 Å². The van der Waals surface area contributed by atoms with E-state index < -0.39 is 0 Å². The summed E-state index contributed by atoms with van der Waals surface area (Å²) >= 11 is 5.72. The molecule has 0 aliphatic heterocycles. The zero-order valence-corrected chi connectivity index (χ0v) is 10.8. The Morgan fingerprint density at radius 1 is 1.38 bits per heavy atom. The average Bonchev–Trinajstić information content (AvgIpc) is 2.17. The van der Waals surface area contributed by atoms with Crippen LogP contribution in [0.2, 0.25) is 5.02 Å². The maximum atomic E-state index is 13.6. The minimum atomic E-state index is -0.205. The Morgan fingerprint density at radius 3 is 2.62 bits per heavy atom. The van der Waals surface area contributed by atoms with Gasteiger partial charge in [0.1, 0.15) is 5.82 Å². The Labute approximate surface area is 102 Å². The average molecular weight is 244 g/mol. The number of hydrogen-bond donors (Lipinski definition) is 1. The molecule has 1 aromatic carbocycles. The summed E-state index contributed by atoms with van der Waals surface area (Å²) in [5, 5.41) is 3.78. The molecule has 0 aliphatic carbocycles. The van der Waals surface area contributed by atoms with Gasteiger partial charge in [0.05, 0.1) is 0 Å². The Morgan fingerprint density at radius 2 is 2.06 bits per heavy atom. The SMILES string of the molecule is CCNC(C)CC(C)c1ccc(Cl)cc1F. The zero-order valence-electron chi connectivity index (χ0n) is 10.1. The molecule has 3 heteroatoms. The van der Waals surface area contributed by atoms with E-state index in [4.69, 9.17) is 11.6 Å². The molecule has 1 rings (SSSR count). The highest BCUT2D eigenvalue weighted by molar-refractivity contribution is 6.30. The number of halogens is 2. The van der Waals surface area contributed by atoms with Gasteiger partial charge in [0.25, 0.3) is 0 Å². The molecule has 1 nitrogen and oxygen atoms in total. The van der Waals surface area contributed by atoms with Crippen molar-refractivity contribution in [1.82, 2.24) is 5.32 Å². The van der Waals surface area contributed by atoms with E-state index in [9.17, 15) is 4.39 Å². The van der Waals surface area contributed by atoms with Gasteiger partial charge < -0.3 is 5.32 Å². The molecule has 0 aromatic heterocycles. The second kappa shape index (κ2) is 6.21. The summed E-state index contributed by atoms with van der Waals surface area (Å²) in [6.45, 7) is 7.18. The van der Waals surface area contributed by atoms with Gasteiger partial charge in [-0.05, 0) is 43.5 Å². The molecule has 0 spiro atoms. The van der Waals surface area contributed by atoms with Crippen LogP contribution in [-0.4, -0.2) is 12.6 Å². The van der Waals surface area contributed by atoms with Gasteiger partial charge in [0.15, 0.2) is 0 Å². The molecule has 0 saturated carbocycles. The van der Waals surface area contributed by atoms with Crippen LogP contribution in [0.25, 0.3) is 0 Å². The summed E-state index contributed by atoms with van der Waals surface area (Å²) < 4.78 is 13.6. The minimum absolute atomic E-state index is 0.200. The first-order chi connectivity index (χ1) is 7.54. The molecule has 16 heavy (non-hydrogen) atoms. The van der Waals surface area contributed by atoms with Crippen molar-refractivity contribution >= 4 is 11.6 Å². The highest BCUT2D eigenvalue weighted by atomic mass is 35.5. The van der Waals surface area contributed by atoms with Crippen molar-refractivity contribution in [3.8, 4) is 0 Å². The first kappa shape index (κ1) is 13.5. The van der Waals surface area contributed by atoms with Crippen LogP contribution in [0.1, 0.15) is 38.7 Å². The van der Waals surface area contributed by atoms with Crippen molar-refractivity contribution in [2.45, 2.75) is 39.2 Å². The van der Waals surface area contributed by atoms with Crippen LogP contribution in [0, 0.1) is 5.82 Å². The van der Waals surface area contributed by atoms with Gasteiger partial charge in [0.2, 0.25) is 0 Å². The molecule has 0 saturated heterocycles. The molecule has 1 N–H and O–H groups in total. The highest BCUT2D eigenvalue weighted by Gasteiger charge is 2.14. The van der Waals surface area contributed by atoms with Gasteiger partial charge >= 0.3 is 0 Å². The monoisotopic (exact) mass is 243 g/mol. The predicted molar refractivity (Wildman–Crippen MR) is 67.6 cm³/mol. The number of hydrogen-bond acceptors (Lipinski definition) is 1. The van der Waals surface area contributed by atoms with E-state index in [1.54, 1.807) is 12.1 Å². The van der Waals surface area contributed by atoms with E-state index >= 15 is 0 Å². The summed E-state index contributed by atoms with van der Waals surface area (Å²) in [5.74, 6) is -0.00462. The Hall–Kier alpha value is -0.600. The summed E-state index contributed by atoms with van der Waals surface area (Å²) in [6, 6.07) is 5.30. The van der Waals surface area contributed by atoms with E-state index in [2.05, 4.69) is 19.2 Å². The lowest BCUT2D eigenvalue weighted by Crippen LogP contribution is -2.27. The quantitative estimate of drug-likeness (QED) is 0.825. The first-order valence-electron chi connectivity index (χ1n) is 5.73. The molecule has 0 heterocycles. The molecule has 0 bridgehead atoms. The van der Waals surface area contributed by atoms with Crippen LogP contribution in [0.5, 0.6) is 0 Å². The second-order valence-corrected chi connectivity index (χ2v) is 4.70. The molecule has 0 fully saturated rings. The van der Waals surface area contributed by atoms with Crippen LogP contribution in [0.3, 0.4) is 0 Å². The third-order valence-electron chi connectivity index (χ3n) is 2.75. The maximum Gasteiger partial charge on any atom is 0.128 e. The van der Waals surface area contributed by atoms with Gasteiger partial charge in [-0.25, -0.2) is 4.39 Å². The van der Waals surface area contributed by atoms with E-state index in [0.717, 1.165) is 18.5 Å². The minimum Gasteiger partial charge on any atom is -0.315 e. The van der Waals surface area contributed by atoms with E-state index in [0.29, 0.717) is 11.1 Å². The molecule has 2 atom stereocenters. The number of benzene rings is 1. The Bertz CT molecular complexity index is 341. The fourth-order valence-electron chi connectivity index (χ4n) is 1.99. The third kappa shape index (κ3) is 3.76. The van der Waals surface area contributed by atoms with Gasteiger partial charge in [-0.1, -0.05) is 31.5 Å². The number of nitrogens with one attached hydrogen (secondary N) is 1. The Kier molecular flexibility index (Phi) is 5.23. The van der Waals surface area contributed by atoms with Crippen molar-refractivity contribution < 1.29 is 4.39 Å². The standard InChI is InChI=1S/C13H19ClFN/c1-4-16-10(3)7-9(2)12-6-5-11(14)8-13(12)15/h5-6,8-10,16H,4,7H2,1-3H3. The smallest absolute Gasteiger partial charge is 0.128 e. The zero-order chi connectivity index (χ0) is 12.1. The number of rotatable bonds is 5. The summed E-state index contributed by atoms with van der Waals surface area (Å²) in [7, 11) is 0. The summed E-state index contributed by atoms with van der Waals surface area (Å²) in [5.41, 5.74) is 0.745. The molecular weight excluding hydrogens is 225 g/mol. The van der Waals surface area contributed by atoms with E-state index in [-0.39, 0.29) is 11.7 Å².